The summed E-state index contributed by atoms with van der Waals surface area (Å²) in [6, 6.07) is 8.07. The fourth-order valence-electron chi connectivity index (χ4n) is 1.56. The van der Waals surface area contributed by atoms with Gasteiger partial charge >= 0.3 is 0 Å². The van der Waals surface area contributed by atoms with E-state index in [-0.39, 0.29) is 0 Å². The van der Waals surface area contributed by atoms with E-state index in [0.29, 0.717) is 0 Å². The number of benzene rings is 1. The molecule has 1 aromatic carbocycles. The Labute approximate surface area is 102 Å². The van der Waals surface area contributed by atoms with Crippen molar-refractivity contribution >= 4 is 11.8 Å². The molecule has 1 rings (SSSR count). The molecule has 0 heterocycles. The van der Waals surface area contributed by atoms with Crippen molar-refractivity contribution in [1.29, 1.82) is 5.26 Å². The first kappa shape index (κ1) is 13.1. The standard InChI is InChI=1S/C13H18N2S/c1-11-8-12(9-14)4-5-13(11)10-15(2)6-7-16-3/h4-5,8H,6-7,10H2,1-3H3. The molecule has 0 amide bonds. The van der Waals surface area contributed by atoms with Gasteiger partial charge in [-0.2, -0.15) is 17.0 Å². The molecule has 0 aliphatic carbocycles. The zero-order chi connectivity index (χ0) is 12.0. The van der Waals surface area contributed by atoms with Crippen LogP contribution in [0.3, 0.4) is 0 Å². The Kier molecular flexibility index (Phi) is 5.37. The average Bonchev–Trinajstić information content (AvgIpc) is 2.29. The molecule has 0 bridgehead atoms. The van der Waals surface area contributed by atoms with E-state index in [1.165, 1.54) is 11.1 Å². The van der Waals surface area contributed by atoms with E-state index in [0.717, 1.165) is 24.4 Å². The third-order valence-corrected chi connectivity index (χ3v) is 3.18. The van der Waals surface area contributed by atoms with Crippen LogP contribution in [-0.2, 0) is 6.54 Å². The molecule has 0 aromatic heterocycles. The number of nitrogens with zero attached hydrogens (tertiary/aromatic N) is 2. The van der Waals surface area contributed by atoms with Crippen LogP contribution in [0.5, 0.6) is 0 Å². The van der Waals surface area contributed by atoms with Gasteiger partial charge in [0.25, 0.3) is 0 Å². The van der Waals surface area contributed by atoms with Crippen LogP contribution in [0.15, 0.2) is 18.2 Å². The second-order valence-corrected chi connectivity index (χ2v) is 4.97. The summed E-state index contributed by atoms with van der Waals surface area (Å²) >= 11 is 1.87. The number of hydrogen-bond donors (Lipinski definition) is 0. The van der Waals surface area contributed by atoms with E-state index in [9.17, 15) is 0 Å². The van der Waals surface area contributed by atoms with Gasteiger partial charge in [0.05, 0.1) is 11.6 Å². The molecule has 0 saturated heterocycles. The lowest BCUT2D eigenvalue weighted by molar-refractivity contribution is 0.348. The van der Waals surface area contributed by atoms with E-state index in [4.69, 9.17) is 5.26 Å². The Balaban J connectivity index is 2.64. The third kappa shape index (κ3) is 3.88. The minimum atomic E-state index is 0.744. The molecule has 16 heavy (non-hydrogen) atoms. The largest absolute Gasteiger partial charge is 0.301 e. The summed E-state index contributed by atoms with van der Waals surface area (Å²) in [7, 11) is 2.13. The van der Waals surface area contributed by atoms with Gasteiger partial charge in [0.15, 0.2) is 0 Å². The maximum absolute atomic E-state index is 8.79. The van der Waals surface area contributed by atoms with Crippen molar-refractivity contribution in [2.75, 3.05) is 25.6 Å². The molecule has 0 unspecified atom stereocenters. The van der Waals surface area contributed by atoms with Gasteiger partial charge in [0.1, 0.15) is 0 Å². The quantitative estimate of drug-likeness (QED) is 0.783. The fraction of sp³-hybridized carbons (Fsp3) is 0.462. The minimum Gasteiger partial charge on any atom is -0.301 e. The second kappa shape index (κ2) is 6.57. The lowest BCUT2D eigenvalue weighted by Crippen LogP contribution is -2.21. The molecule has 0 saturated carbocycles. The normalized spacial score (nSPS) is 10.4. The first-order valence-electron chi connectivity index (χ1n) is 5.34. The van der Waals surface area contributed by atoms with E-state index in [2.05, 4.69) is 37.3 Å². The molecule has 0 fully saturated rings. The Hall–Kier alpha value is -0.980. The van der Waals surface area contributed by atoms with Gasteiger partial charge in [-0.05, 0) is 43.5 Å². The van der Waals surface area contributed by atoms with Crippen molar-refractivity contribution in [3.8, 4) is 6.07 Å². The number of aryl methyl sites for hydroxylation is 1. The molecule has 0 radical (unpaired) electrons. The second-order valence-electron chi connectivity index (χ2n) is 3.98. The van der Waals surface area contributed by atoms with Gasteiger partial charge in [-0.3, -0.25) is 0 Å². The van der Waals surface area contributed by atoms with Crippen LogP contribution >= 0.6 is 11.8 Å². The molecule has 0 atom stereocenters. The van der Waals surface area contributed by atoms with Gasteiger partial charge in [0.2, 0.25) is 0 Å². The first-order valence-corrected chi connectivity index (χ1v) is 6.74. The maximum atomic E-state index is 8.79. The number of nitriles is 1. The molecule has 0 aliphatic heterocycles. The highest BCUT2D eigenvalue weighted by Gasteiger charge is 2.03. The Bertz CT molecular complexity index is 382. The molecular weight excluding hydrogens is 216 g/mol. The smallest absolute Gasteiger partial charge is 0.0991 e. The molecule has 0 N–H and O–H groups in total. The minimum absolute atomic E-state index is 0.744. The van der Waals surface area contributed by atoms with Crippen LogP contribution in [0.25, 0.3) is 0 Å². The van der Waals surface area contributed by atoms with E-state index < -0.39 is 0 Å². The SMILES string of the molecule is CSCCN(C)Cc1ccc(C#N)cc1C. The fourth-order valence-corrected chi connectivity index (χ4v) is 2.05. The predicted octanol–water partition coefficient (Wildman–Crippen LogP) is 2.66. The van der Waals surface area contributed by atoms with Gasteiger partial charge in [0, 0.05) is 18.8 Å². The highest BCUT2D eigenvalue weighted by atomic mass is 32.2. The van der Waals surface area contributed by atoms with Crippen molar-refractivity contribution in [1.82, 2.24) is 4.90 Å². The molecular formula is C13H18N2S. The Morgan fingerprint density at radius 1 is 1.44 bits per heavy atom. The third-order valence-electron chi connectivity index (χ3n) is 2.59. The lowest BCUT2D eigenvalue weighted by Gasteiger charge is -2.17. The van der Waals surface area contributed by atoms with Crippen LogP contribution < -0.4 is 0 Å². The number of hydrogen-bond acceptors (Lipinski definition) is 3. The number of rotatable bonds is 5. The monoisotopic (exact) mass is 234 g/mol. The van der Waals surface area contributed by atoms with E-state index in [1.54, 1.807) is 0 Å². The van der Waals surface area contributed by atoms with Crippen molar-refractivity contribution in [2.45, 2.75) is 13.5 Å². The van der Waals surface area contributed by atoms with Gasteiger partial charge in [-0.25, -0.2) is 0 Å². The summed E-state index contributed by atoms with van der Waals surface area (Å²) in [4.78, 5) is 2.31. The van der Waals surface area contributed by atoms with Gasteiger partial charge < -0.3 is 4.90 Å². The summed E-state index contributed by atoms with van der Waals surface area (Å²) < 4.78 is 0. The van der Waals surface area contributed by atoms with E-state index >= 15 is 0 Å². The topological polar surface area (TPSA) is 27.0 Å². The van der Waals surface area contributed by atoms with Crippen LogP contribution in [0.1, 0.15) is 16.7 Å². The van der Waals surface area contributed by atoms with Crippen LogP contribution in [0.4, 0.5) is 0 Å². The van der Waals surface area contributed by atoms with Crippen molar-refractivity contribution < 1.29 is 0 Å². The summed E-state index contributed by atoms with van der Waals surface area (Å²) in [5.74, 6) is 1.16. The Morgan fingerprint density at radius 2 is 2.19 bits per heavy atom. The van der Waals surface area contributed by atoms with Crippen molar-refractivity contribution in [3.63, 3.8) is 0 Å². The molecule has 3 heteroatoms. The number of thioether (sulfide) groups is 1. The van der Waals surface area contributed by atoms with Crippen LogP contribution in [-0.4, -0.2) is 30.5 Å². The van der Waals surface area contributed by atoms with Crippen molar-refractivity contribution in [3.05, 3.63) is 34.9 Å². The van der Waals surface area contributed by atoms with Gasteiger partial charge in [-0.15, -0.1) is 0 Å². The van der Waals surface area contributed by atoms with E-state index in [1.807, 2.05) is 23.9 Å². The molecule has 0 spiro atoms. The van der Waals surface area contributed by atoms with Gasteiger partial charge in [-0.1, -0.05) is 6.07 Å². The molecule has 0 aliphatic rings. The zero-order valence-corrected chi connectivity index (χ0v) is 11.0. The predicted molar refractivity (Wildman–Crippen MR) is 70.6 cm³/mol. The Morgan fingerprint density at radius 3 is 2.75 bits per heavy atom. The zero-order valence-electron chi connectivity index (χ0n) is 10.2. The summed E-state index contributed by atoms with van der Waals surface area (Å²) in [6.07, 6.45) is 2.13. The average molecular weight is 234 g/mol. The molecule has 2 nitrogen and oxygen atoms in total. The highest BCUT2D eigenvalue weighted by Crippen LogP contribution is 2.12. The molecule has 1 aromatic rings. The van der Waals surface area contributed by atoms with Crippen LogP contribution in [0, 0.1) is 18.3 Å². The maximum Gasteiger partial charge on any atom is 0.0991 e. The lowest BCUT2D eigenvalue weighted by atomic mass is 10.1. The van der Waals surface area contributed by atoms with Crippen LogP contribution in [0.2, 0.25) is 0 Å². The highest BCUT2D eigenvalue weighted by molar-refractivity contribution is 7.98. The van der Waals surface area contributed by atoms with Crippen molar-refractivity contribution in [2.24, 2.45) is 0 Å². The molecule has 86 valence electrons. The summed E-state index contributed by atoms with van der Waals surface area (Å²) in [5, 5.41) is 8.79. The first-order chi connectivity index (χ1) is 7.67. The summed E-state index contributed by atoms with van der Waals surface area (Å²) in [5.41, 5.74) is 3.26. The summed E-state index contributed by atoms with van der Waals surface area (Å²) in [6.45, 7) is 4.12.